The zero-order chi connectivity index (χ0) is 39.6. The molecule has 5 N–H and O–H groups in total. The average Bonchev–Trinajstić information content (AvgIpc) is 3.16. The van der Waals surface area contributed by atoms with E-state index in [0.717, 1.165) is 77.0 Å². The molecule has 0 aliphatic heterocycles. The molecule has 9 heteroatoms. The zero-order valence-electron chi connectivity index (χ0n) is 35.0. The van der Waals surface area contributed by atoms with Crippen LogP contribution in [-0.2, 0) is 18.4 Å². The molecular weight excluding hydrogens is 695 g/mol. The van der Waals surface area contributed by atoms with Crippen molar-refractivity contribution < 1.29 is 28.4 Å². The van der Waals surface area contributed by atoms with Crippen LogP contribution in [0.3, 0.4) is 0 Å². The van der Waals surface area contributed by atoms with Crippen LogP contribution in [0.4, 0.5) is 0 Å². The third-order valence-electron chi connectivity index (χ3n) is 9.70. The number of carbonyl (C=O) groups excluding carboxylic acids is 1. The number of aliphatic hydroxyl groups excluding tert-OH is 1. The second-order valence-electron chi connectivity index (χ2n) is 14.9. The van der Waals surface area contributed by atoms with Crippen molar-refractivity contribution >= 4 is 13.7 Å². The molecule has 0 aliphatic carbocycles. The van der Waals surface area contributed by atoms with Crippen LogP contribution in [0.1, 0.15) is 200 Å². The number of phosphoric acid groups is 1. The number of unbranched alkanes of at least 4 members (excludes halogenated alkanes) is 21. The summed E-state index contributed by atoms with van der Waals surface area (Å²) in [6, 6.07) is -0.783. The third kappa shape index (κ3) is 38.7. The van der Waals surface area contributed by atoms with Crippen molar-refractivity contribution in [2.24, 2.45) is 5.73 Å². The first-order valence-electron chi connectivity index (χ1n) is 22.3. The number of amides is 1. The molecule has 0 bridgehead atoms. The minimum Gasteiger partial charge on any atom is -0.391 e. The van der Waals surface area contributed by atoms with E-state index >= 15 is 0 Å². The van der Waals surface area contributed by atoms with Crippen LogP contribution in [0.2, 0.25) is 0 Å². The van der Waals surface area contributed by atoms with E-state index in [2.05, 4.69) is 67.8 Å². The van der Waals surface area contributed by atoms with Gasteiger partial charge in [0.15, 0.2) is 0 Å². The maximum absolute atomic E-state index is 12.8. The van der Waals surface area contributed by atoms with Crippen molar-refractivity contribution in [2.45, 2.75) is 212 Å². The summed E-state index contributed by atoms with van der Waals surface area (Å²) in [6.07, 6.45) is 49.7. The fraction of sp³-hybridized carbons (Fsp3) is 0.800. The molecule has 0 heterocycles. The van der Waals surface area contributed by atoms with E-state index in [0.29, 0.717) is 12.8 Å². The van der Waals surface area contributed by atoms with Gasteiger partial charge in [0, 0.05) is 13.0 Å². The van der Waals surface area contributed by atoms with Crippen LogP contribution in [0.25, 0.3) is 0 Å². The molecule has 0 rings (SSSR count). The maximum atomic E-state index is 12.8. The Kier molecular flexibility index (Phi) is 39.9. The first-order valence-corrected chi connectivity index (χ1v) is 23.7. The Morgan fingerprint density at radius 3 is 1.57 bits per heavy atom. The molecule has 0 fully saturated rings. The highest BCUT2D eigenvalue weighted by Gasteiger charge is 2.27. The lowest BCUT2D eigenvalue weighted by atomic mass is 10.0. The Hall–Kier alpha value is -1.54. The average molecular weight is 781 g/mol. The van der Waals surface area contributed by atoms with Crippen molar-refractivity contribution in [2.75, 3.05) is 19.8 Å². The number of allylic oxidation sites excluding steroid dienone is 8. The smallest absolute Gasteiger partial charge is 0.391 e. The minimum absolute atomic E-state index is 0.0846. The second kappa shape index (κ2) is 41.1. The van der Waals surface area contributed by atoms with Crippen LogP contribution in [0, 0.1) is 0 Å². The van der Waals surface area contributed by atoms with Crippen LogP contribution in [-0.4, -0.2) is 47.8 Å². The summed E-state index contributed by atoms with van der Waals surface area (Å²) in [4.78, 5) is 22.7. The van der Waals surface area contributed by atoms with Crippen LogP contribution in [0.15, 0.2) is 48.6 Å². The normalized spacial score (nSPS) is 14.5. The molecule has 8 nitrogen and oxygen atoms in total. The van der Waals surface area contributed by atoms with Gasteiger partial charge >= 0.3 is 7.82 Å². The largest absolute Gasteiger partial charge is 0.472 e. The molecule has 0 radical (unpaired) electrons. The van der Waals surface area contributed by atoms with Crippen LogP contribution in [0.5, 0.6) is 0 Å². The van der Waals surface area contributed by atoms with Crippen molar-refractivity contribution in [1.82, 2.24) is 5.32 Å². The Balaban J connectivity index is 4.18. The van der Waals surface area contributed by atoms with Crippen molar-refractivity contribution in [1.29, 1.82) is 0 Å². The summed E-state index contributed by atoms with van der Waals surface area (Å²) in [5, 5.41) is 13.8. The number of hydrogen-bond donors (Lipinski definition) is 4. The van der Waals surface area contributed by atoms with Crippen LogP contribution < -0.4 is 11.1 Å². The Morgan fingerprint density at radius 1 is 0.630 bits per heavy atom. The van der Waals surface area contributed by atoms with Crippen molar-refractivity contribution in [3.8, 4) is 0 Å². The Morgan fingerprint density at radius 2 is 1.07 bits per heavy atom. The van der Waals surface area contributed by atoms with E-state index < -0.39 is 20.0 Å². The third-order valence-corrected chi connectivity index (χ3v) is 10.7. The van der Waals surface area contributed by atoms with Gasteiger partial charge in [-0.2, -0.15) is 0 Å². The van der Waals surface area contributed by atoms with Crippen molar-refractivity contribution in [3.63, 3.8) is 0 Å². The van der Waals surface area contributed by atoms with Crippen LogP contribution >= 0.6 is 7.82 Å². The Bertz CT molecular complexity index is 985. The van der Waals surface area contributed by atoms with Gasteiger partial charge in [-0.1, -0.05) is 191 Å². The molecule has 3 unspecified atom stereocenters. The highest BCUT2D eigenvalue weighted by Crippen LogP contribution is 2.43. The number of nitrogens with one attached hydrogen (secondary N) is 1. The van der Waals surface area contributed by atoms with Gasteiger partial charge in [-0.15, -0.1) is 0 Å². The fourth-order valence-electron chi connectivity index (χ4n) is 6.36. The zero-order valence-corrected chi connectivity index (χ0v) is 35.8. The molecule has 1 amide bonds. The van der Waals surface area contributed by atoms with Gasteiger partial charge in [-0.25, -0.2) is 4.57 Å². The van der Waals surface area contributed by atoms with E-state index in [1.165, 1.54) is 96.3 Å². The first-order chi connectivity index (χ1) is 26.4. The number of phosphoric ester groups is 1. The predicted octanol–water partition coefficient (Wildman–Crippen LogP) is 12.5. The fourth-order valence-corrected chi connectivity index (χ4v) is 7.12. The number of hydrogen-bond acceptors (Lipinski definition) is 6. The van der Waals surface area contributed by atoms with E-state index in [-0.39, 0.29) is 25.7 Å². The molecule has 0 aliphatic rings. The monoisotopic (exact) mass is 781 g/mol. The van der Waals surface area contributed by atoms with E-state index in [4.69, 9.17) is 14.8 Å². The summed E-state index contributed by atoms with van der Waals surface area (Å²) in [5.74, 6) is -0.176. The quantitative estimate of drug-likeness (QED) is 0.0276. The maximum Gasteiger partial charge on any atom is 0.472 e. The number of aliphatic hydroxyl groups is 1. The lowest BCUT2D eigenvalue weighted by Crippen LogP contribution is -2.46. The lowest BCUT2D eigenvalue weighted by Gasteiger charge is -2.25. The van der Waals surface area contributed by atoms with Gasteiger partial charge in [0.1, 0.15) is 0 Å². The van der Waals surface area contributed by atoms with E-state index in [1.54, 1.807) is 0 Å². The number of rotatable bonds is 41. The summed E-state index contributed by atoms with van der Waals surface area (Å²) in [6.45, 7) is 4.09. The van der Waals surface area contributed by atoms with E-state index in [1.807, 2.05) is 0 Å². The van der Waals surface area contributed by atoms with Gasteiger partial charge in [-0.05, 0) is 51.4 Å². The highest BCUT2D eigenvalue weighted by atomic mass is 31.2. The molecule has 0 spiro atoms. The summed E-state index contributed by atoms with van der Waals surface area (Å²) < 4.78 is 22.2. The van der Waals surface area contributed by atoms with Gasteiger partial charge < -0.3 is 21.1 Å². The molecule has 3 atom stereocenters. The molecule has 54 heavy (non-hydrogen) atoms. The van der Waals surface area contributed by atoms with Gasteiger partial charge in [0.05, 0.1) is 25.4 Å². The molecule has 0 saturated carbocycles. The predicted molar refractivity (Wildman–Crippen MR) is 231 cm³/mol. The van der Waals surface area contributed by atoms with Gasteiger partial charge in [0.25, 0.3) is 0 Å². The lowest BCUT2D eigenvalue weighted by molar-refractivity contribution is -0.123. The molecular formula is C45H85N2O6P. The molecule has 0 aromatic carbocycles. The number of nitrogens with two attached hydrogens (primary N) is 1. The minimum atomic E-state index is -4.32. The van der Waals surface area contributed by atoms with E-state index in [9.17, 15) is 19.4 Å². The van der Waals surface area contributed by atoms with Crippen molar-refractivity contribution in [3.05, 3.63) is 48.6 Å². The van der Waals surface area contributed by atoms with Gasteiger partial charge in [-0.3, -0.25) is 13.8 Å². The second-order valence-corrected chi connectivity index (χ2v) is 16.3. The Labute approximate surface area is 332 Å². The number of carbonyl (C=O) groups is 1. The summed E-state index contributed by atoms with van der Waals surface area (Å²) in [5.41, 5.74) is 5.38. The SMILES string of the molecule is CC/C=C\C/C=C\C/C=C\C/C=C\CCCCCCCCC(=O)NC(COP(=O)(O)OCCN)C(O)CCCCCCCCCCCCCCCCCC. The molecule has 316 valence electrons. The summed E-state index contributed by atoms with van der Waals surface area (Å²) >= 11 is 0. The topological polar surface area (TPSA) is 131 Å². The first kappa shape index (κ1) is 52.5. The molecule has 0 aromatic rings. The highest BCUT2D eigenvalue weighted by molar-refractivity contribution is 7.47. The summed E-state index contributed by atoms with van der Waals surface area (Å²) in [7, 11) is -4.32. The standard InChI is InChI=1S/C45H85N2O6P/c1-3-5-7-9-11-13-15-17-19-21-22-23-25-27-29-31-33-35-37-39-45(49)47-43(42-53-54(50,51)52-41-40-46)44(48)38-36-34-32-30-28-26-24-20-18-16-14-12-10-8-6-4-2/h5,7,11,13,17,19,22-23,43-44,48H,3-4,6,8-10,12,14-16,18,20-21,24-42,46H2,1-2H3,(H,47,49)(H,50,51)/b7-5-,13-11-,19-17-,23-22-. The molecule has 0 saturated heterocycles. The molecule has 0 aromatic heterocycles. The van der Waals surface area contributed by atoms with Gasteiger partial charge in [0.2, 0.25) is 5.91 Å².